The summed E-state index contributed by atoms with van der Waals surface area (Å²) in [5, 5.41) is 12.2. The van der Waals surface area contributed by atoms with Crippen molar-refractivity contribution < 1.29 is 33.0 Å². The van der Waals surface area contributed by atoms with Crippen molar-refractivity contribution in [1.82, 2.24) is 14.9 Å². The smallest absolute Gasteiger partial charge is 0.414 e. The summed E-state index contributed by atoms with van der Waals surface area (Å²) in [6, 6.07) is 5.56. The van der Waals surface area contributed by atoms with Crippen molar-refractivity contribution in [3.63, 3.8) is 0 Å². The Labute approximate surface area is 249 Å². The third-order valence-electron chi connectivity index (χ3n) is 7.93. The molecule has 0 spiro atoms. The normalized spacial score (nSPS) is 19.5. The van der Waals surface area contributed by atoms with Gasteiger partial charge in [0.1, 0.15) is 17.0 Å². The van der Waals surface area contributed by atoms with E-state index in [4.69, 9.17) is 21.7 Å². The zero-order chi connectivity index (χ0) is 30.4. The first-order valence-electron chi connectivity index (χ1n) is 13.7. The molecule has 0 bridgehead atoms. The van der Waals surface area contributed by atoms with Crippen LogP contribution in [0.3, 0.4) is 0 Å². The summed E-state index contributed by atoms with van der Waals surface area (Å²) in [6.45, 7) is 1.50. The van der Waals surface area contributed by atoms with Gasteiger partial charge < -0.3 is 34.3 Å². The summed E-state index contributed by atoms with van der Waals surface area (Å²) < 4.78 is 42.9. The summed E-state index contributed by atoms with van der Waals surface area (Å²) in [4.78, 5) is 46.2. The van der Waals surface area contributed by atoms with Crippen LogP contribution >= 0.6 is 12.2 Å². The average Bonchev–Trinajstić information content (AvgIpc) is 3.76. The van der Waals surface area contributed by atoms with E-state index in [2.05, 4.69) is 10.3 Å². The van der Waals surface area contributed by atoms with Gasteiger partial charge in [0.25, 0.3) is 0 Å². The lowest BCUT2D eigenvalue weighted by molar-refractivity contribution is -0.00575. The first kappa shape index (κ1) is 28.7. The van der Waals surface area contributed by atoms with Gasteiger partial charge in [-0.25, -0.2) is 23.4 Å². The topological polar surface area (TPSA) is 129 Å². The van der Waals surface area contributed by atoms with Gasteiger partial charge in [0, 0.05) is 45.5 Å². The molecule has 3 aliphatic rings. The van der Waals surface area contributed by atoms with E-state index in [0.717, 1.165) is 18.9 Å². The molecule has 2 saturated heterocycles. The van der Waals surface area contributed by atoms with Crippen LogP contribution in [0.15, 0.2) is 35.3 Å². The molecule has 3 fully saturated rings. The summed E-state index contributed by atoms with van der Waals surface area (Å²) in [5.41, 5.74) is 0.991. The molecule has 1 aromatic carbocycles. The number of carbonyl (C=O) groups is 2. The van der Waals surface area contributed by atoms with Gasteiger partial charge in [0.05, 0.1) is 28.8 Å². The molecule has 12 nitrogen and oxygen atoms in total. The van der Waals surface area contributed by atoms with Gasteiger partial charge in [0.2, 0.25) is 5.43 Å². The Hall–Kier alpha value is -4.37. The van der Waals surface area contributed by atoms with Crippen LogP contribution in [0.1, 0.15) is 29.2 Å². The van der Waals surface area contributed by atoms with Gasteiger partial charge in [-0.15, -0.1) is 0 Å². The van der Waals surface area contributed by atoms with E-state index in [1.165, 1.54) is 29.8 Å². The summed E-state index contributed by atoms with van der Waals surface area (Å²) in [7, 11) is 1.45. The molecule has 2 N–H and O–H groups in total. The van der Waals surface area contributed by atoms with Crippen LogP contribution in [0, 0.1) is 11.6 Å². The van der Waals surface area contributed by atoms with Crippen molar-refractivity contribution in [3.05, 3.63) is 57.9 Å². The van der Waals surface area contributed by atoms with Gasteiger partial charge in [-0.3, -0.25) is 9.69 Å². The lowest BCUT2D eigenvalue weighted by Crippen LogP contribution is -2.47. The van der Waals surface area contributed by atoms with Crippen molar-refractivity contribution in [2.24, 2.45) is 0 Å². The predicted octanol–water partition coefficient (Wildman–Crippen LogP) is 2.88. The molecule has 0 radical (unpaired) electrons. The Morgan fingerprint density at radius 2 is 1.88 bits per heavy atom. The number of cyclic esters (lactones) is 1. The molecule has 1 saturated carbocycles. The fraction of sp³-hybridized carbons (Fsp3) is 0.393. The molecule has 1 aliphatic carbocycles. The number of hydrogen-bond donors (Lipinski definition) is 2. The quantitative estimate of drug-likeness (QED) is 0.273. The minimum absolute atomic E-state index is 0.00604. The third-order valence-corrected chi connectivity index (χ3v) is 8.07. The van der Waals surface area contributed by atoms with E-state index in [-0.39, 0.29) is 29.4 Å². The Bertz CT molecular complexity index is 1680. The monoisotopic (exact) mass is 614 g/mol. The van der Waals surface area contributed by atoms with Crippen LogP contribution in [0.4, 0.5) is 30.8 Å². The number of amides is 1. The van der Waals surface area contributed by atoms with Gasteiger partial charge in [0.15, 0.2) is 24.0 Å². The minimum Gasteiger partial charge on any atom is -0.477 e. The Morgan fingerprint density at radius 3 is 2.51 bits per heavy atom. The van der Waals surface area contributed by atoms with Crippen molar-refractivity contribution >= 4 is 58.0 Å². The number of fused-ring (bicyclic) bond motifs is 1. The molecule has 2 atom stereocenters. The zero-order valence-corrected chi connectivity index (χ0v) is 23.9. The number of piperazine rings is 1. The highest BCUT2D eigenvalue weighted by Crippen LogP contribution is 2.37. The molecule has 226 valence electrons. The van der Waals surface area contributed by atoms with Crippen LogP contribution in [-0.4, -0.2) is 84.4 Å². The predicted molar refractivity (Wildman–Crippen MR) is 157 cm³/mol. The second-order valence-corrected chi connectivity index (χ2v) is 10.8. The number of aromatic nitrogens is 2. The number of nitrogens with zero attached hydrogens (tertiary/aromatic N) is 5. The number of pyridine rings is 2. The Balaban J connectivity index is 1.18. The molecule has 2 aliphatic heterocycles. The number of aromatic carboxylic acids is 1. The number of nitrogens with one attached hydrogen (secondary N) is 1. The summed E-state index contributed by atoms with van der Waals surface area (Å²) >= 11 is 4.79. The number of anilines is 3. The fourth-order valence-electron chi connectivity index (χ4n) is 5.57. The van der Waals surface area contributed by atoms with E-state index in [0.29, 0.717) is 37.6 Å². The highest BCUT2D eigenvalue weighted by Gasteiger charge is 2.38. The molecule has 4 heterocycles. The van der Waals surface area contributed by atoms with Crippen LogP contribution in [0.2, 0.25) is 0 Å². The number of thiocarbonyl (C=S) groups is 1. The number of carboxylic acids is 1. The van der Waals surface area contributed by atoms with Gasteiger partial charge in [-0.2, -0.15) is 0 Å². The van der Waals surface area contributed by atoms with E-state index in [1.807, 2.05) is 4.90 Å². The Kier molecular flexibility index (Phi) is 7.60. The van der Waals surface area contributed by atoms with Crippen LogP contribution < -0.4 is 25.4 Å². The van der Waals surface area contributed by atoms with Crippen molar-refractivity contribution in [3.8, 4) is 0 Å². The number of benzene rings is 1. The third kappa shape index (κ3) is 5.33. The molecule has 2 aromatic heterocycles. The molecular formula is C28H28F2N6O6S. The first-order valence-corrected chi connectivity index (χ1v) is 14.2. The van der Waals surface area contributed by atoms with Gasteiger partial charge in [-0.05, 0) is 37.1 Å². The lowest BCUT2D eigenvalue weighted by atomic mass is 10.1. The standard InChI is InChI=1S/C28H28F2N6O6S/c1-41-26(31-14-43)22-13-36(28(40)42-22)16-4-5-21(19(29)10-16)33-6-8-34(9-7-33)25-20(30)11-17-23(37)18(27(38)39)12-35(15-2-3-15)24(17)32-25/h4-5,10-12,14-15,22,26H,2-3,6-9,13H2,1H3,(H,31,43)(H,38,39)/t22-,26?/m0/s1. The lowest BCUT2D eigenvalue weighted by Gasteiger charge is -2.37. The number of rotatable bonds is 9. The first-order chi connectivity index (χ1) is 20.7. The van der Waals surface area contributed by atoms with Gasteiger partial charge in [-0.1, -0.05) is 12.2 Å². The van der Waals surface area contributed by atoms with E-state index < -0.39 is 47.0 Å². The number of hydrogen-bond acceptors (Lipinski definition) is 9. The van der Waals surface area contributed by atoms with Crippen LogP contribution in [-0.2, 0) is 9.47 Å². The maximum absolute atomic E-state index is 15.3. The molecule has 6 rings (SSSR count). The highest BCUT2D eigenvalue weighted by molar-refractivity contribution is 7.78. The molecule has 1 amide bonds. The highest BCUT2D eigenvalue weighted by atomic mass is 32.1. The van der Waals surface area contributed by atoms with Crippen LogP contribution in [0.5, 0.6) is 0 Å². The van der Waals surface area contributed by atoms with E-state index in [9.17, 15) is 19.5 Å². The second-order valence-electron chi connectivity index (χ2n) is 10.6. The fourth-order valence-corrected chi connectivity index (χ4v) is 5.70. The zero-order valence-electron chi connectivity index (χ0n) is 23.0. The number of carbonyl (C=O) groups excluding carboxylic acids is 1. The van der Waals surface area contributed by atoms with Crippen molar-refractivity contribution in [1.29, 1.82) is 0 Å². The molecule has 43 heavy (non-hydrogen) atoms. The summed E-state index contributed by atoms with van der Waals surface area (Å²) in [6.07, 6.45) is 1.000. The Morgan fingerprint density at radius 1 is 1.16 bits per heavy atom. The molecule has 3 aromatic rings. The minimum atomic E-state index is -1.37. The molecule has 15 heteroatoms. The number of carboxylic acid groups (broad SMARTS) is 1. The maximum atomic E-state index is 15.3. The van der Waals surface area contributed by atoms with Crippen molar-refractivity contribution in [2.75, 3.05) is 54.5 Å². The number of methoxy groups -OCH3 is 1. The van der Waals surface area contributed by atoms with Gasteiger partial charge >= 0.3 is 12.1 Å². The van der Waals surface area contributed by atoms with Crippen LogP contribution in [0.25, 0.3) is 11.0 Å². The summed E-state index contributed by atoms with van der Waals surface area (Å²) in [5.74, 6) is -2.57. The largest absolute Gasteiger partial charge is 0.477 e. The SMILES string of the molecule is COC(NC=S)[C@@H]1CN(c2ccc(N3CCN(c4nc5c(cc4F)c(=O)c(C(=O)O)cn5C4CC4)CC3)c(F)c2)C(=O)O1. The average molecular weight is 615 g/mol. The second kappa shape index (κ2) is 11.4. The van der Waals surface area contributed by atoms with Crippen molar-refractivity contribution in [2.45, 2.75) is 31.2 Å². The number of ether oxygens (including phenoxy) is 2. The number of halogens is 2. The molecule has 1 unspecified atom stereocenters. The molecular weight excluding hydrogens is 586 g/mol. The van der Waals surface area contributed by atoms with E-state index >= 15 is 8.78 Å². The maximum Gasteiger partial charge on any atom is 0.414 e. The van der Waals surface area contributed by atoms with E-state index in [1.54, 1.807) is 21.6 Å².